The van der Waals surface area contributed by atoms with Gasteiger partial charge in [-0.15, -0.1) is 0 Å². The van der Waals surface area contributed by atoms with Crippen LogP contribution < -0.4 is 5.32 Å². The Bertz CT molecular complexity index is 1650. The van der Waals surface area contributed by atoms with E-state index in [1.165, 1.54) is 5.56 Å². The molecule has 0 radical (unpaired) electrons. The van der Waals surface area contributed by atoms with E-state index in [-0.39, 0.29) is 5.91 Å². The van der Waals surface area contributed by atoms with Crippen LogP contribution in [0.5, 0.6) is 0 Å². The third-order valence-corrected chi connectivity index (χ3v) is 7.17. The molecule has 0 atom stereocenters. The molecule has 0 bridgehead atoms. The van der Waals surface area contributed by atoms with Crippen LogP contribution in [0.15, 0.2) is 114 Å². The summed E-state index contributed by atoms with van der Waals surface area (Å²) in [5.74, 6) is 0.961. The van der Waals surface area contributed by atoms with E-state index in [1.54, 1.807) is 0 Å². The summed E-state index contributed by atoms with van der Waals surface area (Å²) in [6.07, 6.45) is 0.835. The minimum absolute atomic E-state index is 0.152. The number of nitrogens with zero attached hydrogens (tertiary/aromatic N) is 3. The predicted octanol–water partition coefficient (Wildman–Crippen LogP) is 7.26. The van der Waals surface area contributed by atoms with E-state index >= 15 is 0 Å². The number of pyridine rings is 1. The first kappa shape index (κ1) is 24.8. The zero-order valence-corrected chi connectivity index (χ0v) is 22.1. The Morgan fingerprint density at radius 3 is 2.36 bits per heavy atom. The molecule has 0 saturated carbocycles. The molecule has 1 amide bonds. The van der Waals surface area contributed by atoms with Crippen molar-refractivity contribution in [3.05, 3.63) is 131 Å². The van der Waals surface area contributed by atoms with Gasteiger partial charge in [-0.05, 0) is 65.2 Å². The molecule has 0 unspecified atom stereocenters. The summed E-state index contributed by atoms with van der Waals surface area (Å²) >= 11 is 5.99. The minimum atomic E-state index is -0.152. The van der Waals surface area contributed by atoms with Gasteiger partial charge in [0.1, 0.15) is 5.84 Å². The van der Waals surface area contributed by atoms with Gasteiger partial charge in [-0.2, -0.15) is 0 Å². The molecule has 4 aromatic carbocycles. The van der Waals surface area contributed by atoms with Crippen LogP contribution in [0.25, 0.3) is 22.0 Å². The van der Waals surface area contributed by atoms with Gasteiger partial charge in [0.25, 0.3) is 5.91 Å². The lowest BCUT2D eigenvalue weighted by molar-refractivity contribution is 0.102. The number of rotatable bonds is 7. The number of amidine groups is 1. The van der Waals surface area contributed by atoms with Crippen molar-refractivity contribution in [3.8, 4) is 11.1 Å². The van der Waals surface area contributed by atoms with E-state index in [4.69, 9.17) is 21.6 Å². The SMILES string of the molecule is O=C(Nc1ccc2nc(CN3CCN=C3Cc3ccccc3)ccc2c1)c1ccc(-c2ccc(Cl)cc2)cc1. The van der Waals surface area contributed by atoms with Crippen LogP contribution in [-0.4, -0.2) is 34.7 Å². The van der Waals surface area contributed by atoms with Gasteiger partial charge in [0.15, 0.2) is 0 Å². The Morgan fingerprint density at radius 1 is 0.846 bits per heavy atom. The number of nitrogens with one attached hydrogen (secondary N) is 1. The van der Waals surface area contributed by atoms with Crippen molar-refractivity contribution >= 4 is 39.9 Å². The van der Waals surface area contributed by atoms with Crippen LogP contribution in [0.2, 0.25) is 5.02 Å². The second kappa shape index (κ2) is 11.1. The number of hydrogen-bond donors (Lipinski definition) is 1. The molecule has 0 fully saturated rings. The average molecular weight is 531 g/mol. The Balaban J connectivity index is 1.11. The zero-order chi connectivity index (χ0) is 26.6. The van der Waals surface area contributed by atoms with Crippen molar-refractivity contribution < 1.29 is 4.79 Å². The molecule has 39 heavy (non-hydrogen) atoms. The van der Waals surface area contributed by atoms with Gasteiger partial charge in [-0.25, -0.2) is 0 Å². The fraction of sp³-hybridized carbons (Fsp3) is 0.121. The molecule has 0 spiro atoms. The molecule has 6 heteroatoms. The highest BCUT2D eigenvalue weighted by Gasteiger charge is 2.18. The Labute approximate surface area is 232 Å². The van der Waals surface area contributed by atoms with Crippen molar-refractivity contribution in [1.29, 1.82) is 0 Å². The first-order chi connectivity index (χ1) is 19.1. The summed E-state index contributed by atoms with van der Waals surface area (Å²) in [6, 6.07) is 35.6. The maximum absolute atomic E-state index is 12.9. The lowest BCUT2D eigenvalue weighted by Gasteiger charge is -2.20. The van der Waals surface area contributed by atoms with Crippen LogP contribution >= 0.6 is 11.6 Å². The zero-order valence-electron chi connectivity index (χ0n) is 21.3. The Morgan fingerprint density at radius 2 is 1.59 bits per heavy atom. The molecule has 0 saturated heterocycles. The molecular weight excluding hydrogens is 504 g/mol. The highest BCUT2D eigenvalue weighted by molar-refractivity contribution is 6.30. The molecule has 1 aliphatic rings. The monoisotopic (exact) mass is 530 g/mol. The number of fused-ring (bicyclic) bond motifs is 1. The van der Waals surface area contributed by atoms with E-state index in [1.807, 2.05) is 72.8 Å². The minimum Gasteiger partial charge on any atom is -0.352 e. The maximum atomic E-state index is 12.9. The first-order valence-corrected chi connectivity index (χ1v) is 13.4. The molecule has 1 aliphatic heterocycles. The Kier molecular flexibility index (Phi) is 7.07. The van der Waals surface area contributed by atoms with E-state index < -0.39 is 0 Å². The van der Waals surface area contributed by atoms with Crippen molar-refractivity contribution in [2.45, 2.75) is 13.0 Å². The summed E-state index contributed by atoms with van der Waals surface area (Å²) in [4.78, 5) is 24.8. The fourth-order valence-corrected chi connectivity index (χ4v) is 4.96. The summed E-state index contributed by atoms with van der Waals surface area (Å²) in [5.41, 5.74) is 6.59. The van der Waals surface area contributed by atoms with Gasteiger partial charge < -0.3 is 10.2 Å². The second-order valence-corrected chi connectivity index (χ2v) is 10.1. The van der Waals surface area contributed by atoms with Crippen LogP contribution in [0.1, 0.15) is 21.6 Å². The van der Waals surface area contributed by atoms with Crippen molar-refractivity contribution in [2.75, 3.05) is 18.4 Å². The second-order valence-electron chi connectivity index (χ2n) is 9.63. The molecule has 2 heterocycles. The first-order valence-electron chi connectivity index (χ1n) is 13.0. The molecule has 0 aliphatic carbocycles. The number of amides is 1. The third-order valence-electron chi connectivity index (χ3n) is 6.92. The average Bonchev–Trinajstić information content (AvgIpc) is 3.40. The van der Waals surface area contributed by atoms with Gasteiger partial charge in [0.05, 0.1) is 24.3 Å². The lowest BCUT2D eigenvalue weighted by atomic mass is 10.0. The summed E-state index contributed by atoms with van der Waals surface area (Å²) < 4.78 is 0. The van der Waals surface area contributed by atoms with E-state index in [0.717, 1.165) is 65.3 Å². The highest BCUT2D eigenvalue weighted by atomic mass is 35.5. The standard InChI is InChI=1S/C33H27ClN4O/c34-28-13-10-25(11-14-28)24-6-8-26(9-7-24)33(39)37-29-16-17-31-27(21-29)12-15-30(36-31)22-38-19-18-35-32(38)20-23-4-2-1-3-5-23/h1-17,21H,18-20,22H2,(H,37,39). The lowest BCUT2D eigenvalue weighted by Crippen LogP contribution is -2.29. The van der Waals surface area contributed by atoms with Crippen LogP contribution in [0, 0.1) is 0 Å². The van der Waals surface area contributed by atoms with Gasteiger partial charge >= 0.3 is 0 Å². The van der Waals surface area contributed by atoms with E-state index in [0.29, 0.717) is 10.6 Å². The third kappa shape index (κ3) is 5.84. The van der Waals surface area contributed by atoms with Crippen LogP contribution in [-0.2, 0) is 13.0 Å². The maximum Gasteiger partial charge on any atom is 0.255 e. The summed E-state index contributed by atoms with van der Waals surface area (Å²) in [7, 11) is 0. The van der Waals surface area contributed by atoms with Gasteiger partial charge in [-0.3, -0.25) is 14.8 Å². The number of carbonyl (C=O) groups excluding carboxylic acids is 1. The number of anilines is 1. The molecule has 1 aromatic heterocycles. The summed E-state index contributed by atoms with van der Waals surface area (Å²) in [6.45, 7) is 2.46. The number of halogens is 1. The number of aromatic nitrogens is 1. The number of benzene rings is 4. The smallest absolute Gasteiger partial charge is 0.255 e. The van der Waals surface area contributed by atoms with Gasteiger partial charge in [-0.1, -0.05) is 72.3 Å². The van der Waals surface area contributed by atoms with Crippen molar-refractivity contribution in [2.24, 2.45) is 4.99 Å². The Hall–Kier alpha value is -4.48. The number of hydrogen-bond acceptors (Lipinski definition) is 4. The number of carbonyl (C=O) groups is 1. The molecule has 192 valence electrons. The molecule has 1 N–H and O–H groups in total. The van der Waals surface area contributed by atoms with E-state index in [2.05, 4.69) is 46.6 Å². The molecular formula is C33H27ClN4O. The topological polar surface area (TPSA) is 57.6 Å². The van der Waals surface area contributed by atoms with Crippen molar-refractivity contribution in [1.82, 2.24) is 9.88 Å². The molecule has 5 nitrogen and oxygen atoms in total. The fourth-order valence-electron chi connectivity index (χ4n) is 4.83. The molecule has 5 aromatic rings. The number of aliphatic imine (C=N–C) groups is 1. The largest absolute Gasteiger partial charge is 0.352 e. The van der Waals surface area contributed by atoms with E-state index in [9.17, 15) is 4.79 Å². The van der Waals surface area contributed by atoms with Crippen LogP contribution in [0.3, 0.4) is 0 Å². The predicted molar refractivity (Wildman–Crippen MR) is 159 cm³/mol. The van der Waals surface area contributed by atoms with Gasteiger partial charge in [0.2, 0.25) is 0 Å². The molecule has 6 rings (SSSR count). The quantitative estimate of drug-likeness (QED) is 0.241. The van der Waals surface area contributed by atoms with Gasteiger partial charge in [0, 0.05) is 34.6 Å². The van der Waals surface area contributed by atoms with Crippen LogP contribution in [0.4, 0.5) is 5.69 Å². The highest BCUT2D eigenvalue weighted by Crippen LogP contribution is 2.23. The normalized spacial score (nSPS) is 12.9. The van der Waals surface area contributed by atoms with Crippen molar-refractivity contribution in [3.63, 3.8) is 0 Å². The summed E-state index contributed by atoms with van der Waals surface area (Å²) in [5, 5.41) is 4.69.